The van der Waals surface area contributed by atoms with Gasteiger partial charge in [0, 0.05) is 19.6 Å². The Morgan fingerprint density at radius 2 is 1.97 bits per heavy atom. The summed E-state index contributed by atoms with van der Waals surface area (Å²) in [6, 6.07) is 11.7. The lowest BCUT2D eigenvalue weighted by Crippen LogP contribution is -2.32. The number of nitrogens with one attached hydrogen (secondary N) is 1. The van der Waals surface area contributed by atoms with Crippen molar-refractivity contribution in [1.29, 1.82) is 0 Å². The van der Waals surface area contributed by atoms with Crippen molar-refractivity contribution in [2.24, 2.45) is 0 Å². The molecule has 1 aromatic carbocycles. The molecule has 1 amide bonds. The van der Waals surface area contributed by atoms with Crippen LogP contribution in [-0.2, 0) is 17.8 Å². The molecule has 162 valence electrons. The predicted molar refractivity (Wildman–Crippen MR) is 116 cm³/mol. The highest BCUT2D eigenvalue weighted by atomic mass is 16.6. The van der Waals surface area contributed by atoms with Gasteiger partial charge in [0.25, 0.3) is 0 Å². The molecule has 2 aromatic rings. The monoisotopic (exact) mass is 413 g/mol. The molecule has 0 unspecified atom stereocenters. The third-order valence-corrected chi connectivity index (χ3v) is 4.71. The lowest BCUT2D eigenvalue weighted by atomic mass is 10.2. The van der Waals surface area contributed by atoms with Gasteiger partial charge in [-0.05, 0) is 57.0 Å². The Labute approximate surface area is 178 Å². The number of pyridine rings is 1. The molecule has 1 aliphatic rings. The molecule has 0 aliphatic carbocycles. The van der Waals surface area contributed by atoms with E-state index in [4.69, 9.17) is 14.2 Å². The quantitative estimate of drug-likeness (QED) is 0.772. The van der Waals surface area contributed by atoms with Crippen LogP contribution in [-0.4, -0.2) is 41.3 Å². The number of carbonyl (C=O) groups is 1. The maximum absolute atomic E-state index is 12.1. The van der Waals surface area contributed by atoms with Crippen LogP contribution in [0.25, 0.3) is 0 Å². The number of nitrogens with zero attached hydrogens (tertiary/aromatic N) is 2. The van der Waals surface area contributed by atoms with Crippen LogP contribution in [0.1, 0.15) is 45.4 Å². The molecule has 7 nitrogen and oxygen atoms in total. The molecule has 0 saturated heterocycles. The number of methoxy groups -OCH3 is 1. The molecule has 30 heavy (non-hydrogen) atoms. The molecule has 0 radical (unpaired) electrons. The third-order valence-electron chi connectivity index (χ3n) is 4.71. The molecule has 0 bridgehead atoms. The molecule has 1 N–H and O–H groups in total. The first-order valence-corrected chi connectivity index (χ1v) is 10.3. The van der Waals surface area contributed by atoms with E-state index >= 15 is 0 Å². The average molecular weight is 414 g/mol. The normalized spacial score (nSPS) is 16.8. The maximum Gasteiger partial charge on any atom is 0.413 e. The lowest BCUT2D eigenvalue weighted by Gasteiger charge is -2.23. The molecular weight excluding hydrogens is 382 g/mol. The van der Waals surface area contributed by atoms with Crippen LogP contribution in [0, 0.1) is 0 Å². The van der Waals surface area contributed by atoms with Crippen molar-refractivity contribution in [1.82, 2.24) is 9.88 Å². The van der Waals surface area contributed by atoms with Gasteiger partial charge >= 0.3 is 6.09 Å². The van der Waals surface area contributed by atoms with Crippen molar-refractivity contribution < 1.29 is 19.0 Å². The van der Waals surface area contributed by atoms with E-state index < -0.39 is 11.7 Å². The number of rotatable bonds is 5. The number of anilines is 1. The van der Waals surface area contributed by atoms with Crippen molar-refractivity contribution in [2.45, 2.75) is 58.9 Å². The number of benzene rings is 1. The number of hydrogen-bond donors (Lipinski definition) is 1. The molecule has 1 atom stereocenters. The summed E-state index contributed by atoms with van der Waals surface area (Å²) in [5, 5.41) is 2.71. The van der Waals surface area contributed by atoms with Crippen LogP contribution >= 0.6 is 0 Å². The summed E-state index contributed by atoms with van der Waals surface area (Å²) < 4.78 is 16.8. The number of hydrogen-bond acceptors (Lipinski definition) is 6. The Kier molecular flexibility index (Phi) is 6.82. The van der Waals surface area contributed by atoms with Crippen LogP contribution in [0.15, 0.2) is 36.4 Å². The fourth-order valence-electron chi connectivity index (χ4n) is 3.29. The van der Waals surface area contributed by atoms with E-state index in [0.29, 0.717) is 12.4 Å². The van der Waals surface area contributed by atoms with Gasteiger partial charge in [-0.25, -0.2) is 9.78 Å². The molecule has 0 saturated carbocycles. The summed E-state index contributed by atoms with van der Waals surface area (Å²) in [6.07, 6.45) is 0.457. The van der Waals surface area contributed by atoms with Crippen molar-refractivity contribution in [2.75, 3.05) is 19.0 Å². The van der Waals surface area contributed by atoms with Gasteiger partial charge < -0.3 is 14.2 Å². The first-order chi connectivity index (χ1) is 14.3. The second-order valence-electron chi connectivity index (χ2n) is 8.43. The summed E-state index contributed by atoms with van der Waals surface area (Å²) in [5.74, 6) is 2.05. The van der Waals surface area contributed by atoms with Crippen LogP contribution in [0.2, 0.25) is 0 Å². The summed E-state index contributed by atoms with van der Waals surface area (Å²) >= 11 is 0. The number of carbonyl (C=O) groups excluding carboxylic acids is 1. The van der Waals surface area contributed by atoms with Gasteiger partial charge in [-0.2, -0.15) is 0 Å². The molecule has 1 aliphatic heterocycles. The minimum Gasteiger partial charge on any atom is -0.497 e. The number of amides is 1. The molecular formula is C23H31N3O4. The highest BCUT2D eigenvalue weighted by molar-refractivity contribution is 5.83. The summed E-state index contributed by atoms with van der Waals surface area (Å²) in [5.41, 5.74) is 1.42. The zero-order valence-electron chi connectivity index (χ0n) is 18.4. The number of ether oxygens (including phenoxy) is 3. The first kappa shape index (κ1) is 21.9. The van der Waals surface area contributed by atoms with Gasteiger partial charge in [0.05, 0.1) is 12.8 Å². The minimum atomic E-state index is -0.567. The van der Waals surface area contributed by atoms with Gasteiger partial charge in [0.1, 0.15) is 29.0 Å². The van der Waals surface area contributed by atoms with Crippen molar-refractivity contribution in [3.05, 3.63) is 47.7 Å². The molecule has 0 fully saturated rings. The van der Waals surface area contributed by atoms with E-state index in [-0.39, 0.29) is 6.10 Å². The number of fused-ring (bicyclic) bond motifs is 1. The van der Waals surface area contributed by atoms with E-state index in [0.717, 1.165) is 36.7 Å². The lowest BCUT2D eigenvalue weighted by molar-refractivity contribution is 0.0635. The highest BCUT2D eigenvalue weighted by Crippen LogP contribution is 2.27. The second kappa shape index (κ2) is 9.34. The van der Waals surface area contributed by atoms with Crippen LogP contribution < -0.4 is 14.8 Å². The first-order valence-electron chi connectivity index (χ1n) is 10.3. The Morgan fingerprint density at radius 3 is 2.60 bits per heavy atom. The van der Waals surface area contributed by atoms with E-state index in [1.807, 2.05) is 39.0 Å². The largest absolute Gasteiger partial charge is 0.497 e. The highest BCUT2D eigenvalue weighted by Gasteiger charge is 2.24. The van der Waals surface area contributed by atoms with Gasteiger partial charge in [-0.3, -0.25) is 10.2 Å². The fraction of sp³-hybridized carbons (Fsp3) is 0.478. The van der Waals surface area contributed by atoms with E-state index in [9.17, 15) is 4.79 Å². The van der Waals surface area contributed by atoms with Gasteiger partial charge in [0.2, 0.25) is 0 Å². The Morgan fingerprint density at radius 1 is 1.23 bits per heavy atom. The zero-order valence-corrected chi connectivity index (χ0v) is 18.4. The molecule has 3 rings (SSSR count). The Balaban J connectivity index is 1.76. The minimum absolute atomic E-state index is 0.0796. The average Bonchev–Trinajstić information content (AvgIpc) is 2.85. The smallest absolute Gasteiger partial charge is 0.413 e. The van der Waals surface area contributed by atoms with Gasteiger partial charge in [-0.15, -0.1) is 0 Å². The summed E-state index contributed by atoms with van der Waals surface area (Å²) in [4.78, 5) is 19.0. The summed E-state index contributed by atoms with van der Waals surface area (Å²) in [7, 11) is 1.67. The summed E-state index contributed by atoms with van der Waals surface area (Å²) in [6.45, 7) is 9.80. The van der Waals surface area contributed by atoms with Crippen molar-refractivity contribution in [3.8, 4) is 11.5 Å². The van der Waals surface area contributed by atoms with Gasteiger partial charge in [-0.1, -0.05) is 19.1 Å². The molecule has 1 aromatic heterocycles. The van der Waals surface area contributed by atoms with Crippen molar-refractivity contribution >= 4 is 11.9 Å². The van der Waals surface area contributed by atoms with Crippen LogP contribution in [0.3, 0.4) is 0 Å². The van der Waals surface area contributed by atoms with Gasteiger partial charge in [0.15, 0.2) is 0 Å². The van der Waals surface area contributed by atoms with E-state index in [1.165, 1.54) is 5.56 Å². The fourth-order valence-corrected chi connectivity index (χ4v) is 3.29. The third kappa shape index (κ3) is 6.10. The predicted octanol–water partition coefficient (Wildman–Crippen LogP) is 4.61. The zero-order chi connectivity index (χ0) is 21.7. The maximum atomic E-state index is 12.1. The molecule has 0 spiro atoms. The van der Waals surface area contributed by atoms with E-state index in [1.54, 1.807) is 13.2 Å². The van der Waals surface area contributed by atoms with E-state index in [2.05, 4.69) is 34.3 Å². The SMILES string of the molecule is CC[C@@H]1CN(Cc2ccc(OC)cc2)Cc2nc(NC(=O)OC(C)(C)C)ccc2O1. The standard InChI is InChI=1S/C23H31N3O4/c1-6-17-14-26(13-16-7-9-18(28-5)10-8-16)15-19-20(29-17)11-12-21(24-19)25-22(27)30-23(2,3)4/h7-12,17H,6,13-15H2,1-5H3,(H,24,25,27)/t17-/m1/s1. The topological polar surface area (TPSA) is 72.9 Å². The van der Waals surface area contributed by atoms with Crippen LogP contribution in [0.5, 0.6) is 11.5 Å². The molecule has 2 heterocycles. The Bertz CT molecular complexity index is 862. The molecule has 7 heteroatoms. The van der Waals surface area contributed by atoms with Crippen molar-refractivity contribution in [3.63, 3.8) is 0 Å². The Hall–Kier alpha value is -2.80. The van der Waals surface area contributed by atoms with Crippen LogP contribution in [0.4, 0.5) is 10.6 Å². The number of aromatic nitrogens is 1. The second-order valence-corrected chi connectivity index (χ2v) is 8.43.